The molecule has 0 saturated carbocycles. The molecule has 1 aliphatic rings. The Morgan fingerprint density at radius 3 is 2.45 bits per heavy atom. The van der Waals surface area contributed by atoms with Gasteiger partial charge < -0.3 is 9.80 Å². The van der Waals surface area contributed by atoms with E-state index in [1.165, 1.54) is 24.3 Å². The maximum Gasteiger partial charge on any atom is 0.417 e. The zero-order chi connectivity index (χ0) is 16.3. The summed E-state index contributed by atoms with van der Waals surface area (Å²) in [6.07, 6.45) is -1.83. The lowest BCUT2D eigenvalue weighted by Crippen LogP contribution is -2.46. The number of hydrogen-bond acceptors (Lipinski definition) is 2. The van der Waals surface area contributed by atoms with Gasteiger partial charge in [0.2, 0.25) is 5.91 Å². The predicted octanol–water partition coefficient (Wildman–Crippen LogP) is 3.15. The number of alkyl halides is 3. The van der Waals surface area contributed by atoms with Crippen molar-refractivity contribution in [2.24, 2.45) is 0 Å². The van der Waals surface area contributed by atoms with Gasteiger partial charge in [-0.1, -0.05) is 17.7 Å². The summed E-state index contributed by atoms with van der Waals surface area (Å²) in [5.41, 5.74) is -0.609. The van der Waals surface area contributed by atoms with Crippen molar-refractivity contribution in [3.63, 3.8) is 0 Å². The average molecular weight is 333 g/mol. The van der Waals surface area contributed by atoms with Crippen LogP contribution in [0.1, 0.15) is 11.1 Å². The molecular weight excluding hydrogens is 317 g/mol. The average Bonchev–Trinajstić information content (AvgIpc) is 2.45. The van der Waals surface area contributed by atoms with Crippen LogP contribution in [0.4, 0.5) is 13.2 Å². The van der Waals surface area contributed by atoms with Crippen LogP contribution in [0.15, 0.2) is 24.3 Å². The number of likely N-dealkylation sites (N-methyl/N-ethyl adjacent to an activating group) is 1. The maximum atomic E-state index is 12.8. The SMILES string of the molecule is CN1CCN(C(=O)C=Cc2ccc(Cl)c(C(F)(F)F)c2)CC1. The first-order chi connectivity index (χ1) is 10.3. The Hall–Kier alpha value is -1.53. The number of carbonyl (C=O) groups is 1. The molecule has 22 heavy (non-hydrogen) atoms. The van der Waals surface area contributed by atoms with Crippen molar-refractivity contribution < 1.29 is 18.0 Å². The van der Waals surface area contributed by atoms with Crippen molar-refractivity contribution >= 4 is 23.6 Å². The van der Waals surface area contributed by atoms with E-state index < -0.39 is 11.7 Å². The van der Waals surface area contributed by atoms with Crippen molar-refractivity contribution in [2.75, 3.05) is 33.2 Å². The molecule has 0 aliphatic carbocycles. The summed E-state index contributed by atoms with van der Waals surface area (Å²) in [4.78, 5) is 15.8. The van der Waals surface area contributed by atoms with E-state index in [4.69, 9.17) is 11.6 Å². The lowest BCUT2D eigenvalue weighted by molar-refractivity contribution is -0.137. The monoisotopic (exact) mass is 332 g/mol. The molecular formula is C15H16ClF3N2O. The fraction of sp³-hybridized carbons (Fsp3) is 0.400. The molecule has 7 heteroatoms. The summed E-state index contributed by atoms with van der Waals surface area (Å²) in [5, 5.41) is -0.352. The number of rotatable bonds is 2. The number of benzene rings is 1. The summed E-state index contributed by atoms with van der Waals surface area (Å²) in [7, 11) is 1.98. The Morgan fingerprint density at radius 1 is 1.23 bits per heavy atom. The minimum atomic E-state index is -4.51. The molecule has 1 aromatic carbocycles. The van der Waals surface area contributed by atoms with Crippen LogP contribution in [0, 0.1) is 0 Å². The first kappa shape index (κ1) is 16.8. The molecule has 0 bridgehead atoms. The van der Waals surface area contributed by atoms with Crippen LogP contribution in [0.3, 0.4) is 0 Å². The highest BCUT2D eigenvalue weighted by Crippen LogP contribution is 2.35. The van der Waals surface area contributed by atoms with Crippen LogP contribution in [-0.4, -0.2) is 48.9 Å². The van der Waals surface area contributed by atoms with Gasteiger partial charge in [0.15, 0.2) is 0 Å². The van der Waals surface area contributed by atoms with Gasteiger partial charge in [-0.25, -0.2) is 0 Å². The zero-order valence-corrected chi connectivity index (χ0v) is 12.8. The molecule has 1 heterocycles. The lowest BCUT2D eigenvalue weighted by Gasteiger charge is -2.31. The van der Waals surface area contributed by atoms with Gasteiger partial charge in [0, 0.05) is 32.3 Å². The van der Waals surface area contributed by atoms with E-state index in [1.807, 2.05) is 7.05 Å². The highest BCUT2D eigenvalue weighted by Gasteiger charge is 2.33. The van der Waals surface area contributed by atoms with Gasteiger partial charge in [-0.3, -0.25) is 4.79 Å². The maximum absolute atomic E-state index is 12.8. The van der Waals surface area contributed by atoms with Crippen LogP contribution in [0.2, 0.25) is 5.02 Å². The van der Waals surface area contributed by atoms with Gasteiger partial charge in [0.25, 0.3) is 0 Å². The van der Waals surface area contributed by atoms with Crippen LogP contribution < -0.4 is 0 Å². The van der Waals surface area contributed by atoms with Crippen molar-refractivity contribution in [1.82, 2.24) is 9.80 Å². The number of nitrogens with zero attached hydrogens (tertiary/aromatic N) is 2. The normalized spacial score (nSPS) is 17.2. The summed E-state index contributed by atoms with van der Waals surface area (Å²) in [6.45, 7) is 2.82. The molecule has 1 saturated heterocycles. The molecule has 0 atom stereocenters. The van der Waals surface area contributed by atoms with Crippen LogP contribution in [0.25, 0.3) is 6.08 Å². The molecule has 1 aliphatic heterocycles. The van der Waals surface area contributed by atoms with E-state index in [2.05, 4.69) is 4.90 Å². The van der Waals surface area contributed by atoms with Crippen molar-refractivity contribution in [3.8, 4) is 0 Å². The molecule has 0 unspecified atom stereocenters. The van der Waals surface area contributed by atoms with Gasteiger partial charge >= 0.3 is 6.18 Å². The van der Waals surface area contributed by atoms with Gasteiger partial charge in [0.05, 0.1) is 10.6 Å². The molecule has 1 fully saturated rings. The van der Waals surface area contributed by atoms with Crippen molar-refractivity contribution in [2.45, 2.75) is 6.18 Å². The molecule has 0 aromatic heterocycles. The fourth-order valence-corrected chi connectivity index (χ4v) is 2.39. The Kier molecular flexibility index (Phi) is 5.13. The van der Waals surface area contributed by atoms with Gasteiger partial charge in [0.1, 0.15) is 0 Å². The first-order valence-corrected chi connectivity index (χ1v) is 7.17. The number of halogens is 4. The van der Waals surface area contributed by atoms with Gasteiger partial charge in [-0.2, -0.15) is 13.2 Å². The highest BCUT2D eigenvalue weighted by molar-refractivity contribution is 6.31. The number of carbonyl (C=O) groups excluding carboxylic acids is 1. The minimum Gasteiger partial charge on any atom is -0.337 e. The van der Waals surface area contributed by atoms with Crippen LogP contribution >= 0.6 is 11.6 Å². The van der Waals surface area contributed by atoms with Gasteiger partial charge in [-0.05, 0) is 30.8 Å². The first-order valence-electron chi connectivity index (χ1n) is 6.79. The second kappa shape index (κ2) is 6.71. The van der Waals surface area contributed by atoms with E-state index >= 15 is 0 Å². The van der Waals surface area contributed by atoms with E-state index in [-0.39, 0.29) is 10.9 Å². The standard InChI is InChI=1S/C15H16ClF3N2O/c1-20-6-8-21(9-7-20)14(22)5-3-11-2-4-13(16)12(10-11)15(17,18)19/h2-5,10H,6-9H2,1H3. The summed E-state index contributed by atoms with van der Waals surface area (Å²) >= 11 is 5.56. The fourth-order valence-electron chi connectivity index (χ4n) is 2.16. The zero-order valence-electron chi connectivity index (χ0n) is 12.0. The topological polar surface area (TPSA) is 23.6 Å². The predicted molar refractivity (Wildman–Crippen MR) is 79.6 cm³/mol. The molecule has 2 rings (SSSR count). The summed E-state index contributed by atoms with van der Waals surface area (Å²) in [6, 6.07) is 3.58. The molecule has 1 aromatic rings. The summed E-state index contributed by atoms with van der Waals surface area (Å²) in [5.74, 6) is -0.198. The van der Waals surface area contributed by atoms with E-state index in [0.717, 1.165) is 19.2 Å². The number of hydrogen-bond donors (Lipinski definition) is 0. The third-order valence-electron chi connectivity index (χ3n) is 3.53. The Bertz CT molecular complexity index is 579. The van der Waals surface area contributed by atoms with Crippen LogP contribution in [-0.2, 0) is 11.0 Å². The largest absolute Gasteiger partial charge is 0.417 e. The lowest BCUT2D eigenvalue weighted by atomic mass is 10.1. The molecule has 0 radical (unpaired) electrons. The second-order valence-corrected chi connectivity index (χ2v) is 5.61. The third-order valence-corrected chi connectivity index (χ3v) is 3.86. The Labute approximate surface area is 132 Å². The Balaban J connectivity index is 2.08. The smallest absolute Gasteiger partial charge is 0.337 e. The molecule has 0 spiro atoms. The second-order valence-electron chi connectivity index (χ2n) is 5.20. The quantitative estimate of drug-likeness (QED) is 0.777. The van der Waals surface area contributed by atoms with E-state index in [0.29, 0.717) is 18.7 Å². The number of piperazine rings is 1. The van der Waals surface area contributed by atoms with E-state index in [1.54, 1.807) is 4.90 Å². The Morgan fingerprint density at radius 2 is 1.86 bits per heavy atom. The van der Waals surface area contributed by atoms with Gasteiger partial charge in [-0.15, -0.1) is 0 Å². The molecule has 3 nitrogen and oxygen atoms in total. The van der Waals surface area contributed by atoms with Crippen molar-refractivity contribution in [1.29, 1.82) is 0 Å². The number of amides is 1. The molecule has 1 amide bonds. The van der Waals surface area contributed by atoms with Crippen LogP contribution in [0.5, 0.6) is 0 Å². The molecule has 0 N–H and O–H groups in total. The summed E-state index contributed by atoms with van der Waals surface area (Å²) < 4.78 is 38.3. The highest BCUT2D eigenvalue weighted by atomic mass is 35.5. The third kappa shape index (κ3) is 4.24. The molecule has 120 valence electrons. The van der Waals surface area contributed by atoms with Crippen molar-refractivity contribution in [3.05, 3.63) is 40.4 Å². The minimum absolute atomic E-state index is 0.198. The van der Waals surface area contributed by atoms with E-state index in [9.17, 15) is 18.0 Å².